The fourth-order valence-electron chi connectivity index (χ4n) is 2.19. The van der Waals surface area contributed by atoms with Crippen LogP contribution in [0.25, 0.3) is 0 Å². The van der Waals surface area contributed by atoms with Gasteiger partial charge < -0.3 is 9.47 Å². The highest BCUT2D eigenvalue weighted by Crippen LogP contribution is 2.34. The van der Waals surface area contributed by atoms with Gasteiger partial charge in [-0.25, -0.2) is 8.42 Å². The van der Waals surface area contributed by atoms with E-state index in [0.717, 1.165) is 5.56 Å². The van der Waals surface area contributed by atoms with Crippen molar-refractivity contribution in [2.45, 2.75) is 25.7 Å². The second-order valence-electron chi connectivity index (χ2n) is 5.24. The molecule has 0 atom stereocenters. The van der Waals surface area contributed by atoms with Gasteiger partial charge in [0, 0.05) is 12.1 Å². The van der Waals surface area contributed by atoms with Crippen LogP contribution in [0.5, 0.6) is 11.5 Å². The Morgan fingerprint density at radius 1 is 1.04 bits per heavy atom. The molecule has 0 fully saturated rings. The smallest absolute Gasteiger partial charge is 0.261 e. The Balaban J connectivity index is 2.45. The van der Waals surface area contributed by atoms with Crippen LogP contribution in [-0.2, 0) is 10.0 Å². The molecule has 0 aliphatic carbocycles. The van der Waals surface area contributed by atoms with E-state index in [1.165, 1.54) is 24.3 Å². The van der Waals surface area contributed by atoms with Gasteiger partial charge in [-0.1, -0.05) is 17.7 Å². The molecule has 0 aliphatic rings. The van der Waals surface area contributed by atoms with E-state index >= 15 is 0 Å². The molecule has 0 aliphatic heterocycles. The van der Waals surface area contributed by atoms with E-state index in [0.29, 0.717) is 24.7 Å². The normalized spacial score (nSPS) is 10.8. The van der Waals surface area contributed by atoms with E-state index in [4.69, 9.17) is 9.47 Å². The fourth-order valence-corrected chi connectivity index (χ4v) is 3.27. The number of aryl methyl sites for hydroxylation is 1. The second-order valence-corrected chi connectivity index (χ2v) is 6.92. The minimum atomic E-state index is -3.82. The Morgan fingerprint density at radius 3 is 2.12 bits per heavy atom. The molecule has 0 amide bonds. The Hall–Kier alpha value is -2.72. The van der Waals surface area contributed by atoms with Gasteiger partial charge >= 0.3 is 0 Å². The highest BCUT2D eigenvalue weighted by atomic mass is 32.2. The third-order valence-corrected chi connectivity index (χ3v) is 4.76. The Labute approximate surface area is 148 Å². The summed E-state index contributed by atoms with van der Waals surface area (Å²) in [6.45, 7) is 6.29. The van der Waals surface area contributed by atoms with Crippen LogP contribution in [0, 0.1) is 18.3 Å². The van der Waals surface area contributed by atoms with Gasteiger partial charge in [0.05, 0.1) is 29.4 Å². The first kappa shape index (κ1) is 18.6. The quantitative estimate of drug-likeness (QED) is 0.817. The second kappa shape index (κ2) is 7.90. The monoisotopic (exact) mass is 360 g/mol. The van der Waals surface area contributed by atoms with Crippen LogP contribution in [0.2, 0.25) is 0 Å². The minimum absolute atomic E-state index is 0.119. The lowest BCUT2D eigenvalue weighted by atomic mass is 10.2. The summed E-state index contributed by atoms with van der Waals surface area (Å²) in [4.78, 5) is 0.119. The average molecular weight is 360 g/mol. The third-order valence-electron chi connectivity index (χ3n) is 3.38. The molecule has 0 saturated carbocycles. The lowest BCUT2D eigenvalue weighted by Gasteiger charge is -2.15. The van der Waals surface area contributed by atoms with Crippen LogP contribution in [0.4, 0.5) is 5.69 Å². The SMILES string of the molecule is CCOc1cc(C#N)c(NS(=O)(=O)c2ccc(C)cc2)cc1OCC. The van der Waals surface area contributed by atoms with Crippen molar-refractivity contribution in [2.24, 2.45) is 0 Å². The zero-order valence-electron chi connectivity index (χ0n) is 14.4. The molecular weight excluding hydrogens is 340 g/mol. The molecule has 6 nitrogen and oxygen atoms in total. The number of sulfonamides is 1. The lowest BCUT2D eigenvalue weighted by Crippen LogP contribution is -2.14. The molecule has 2 rings (SSSR count). The van der Waals surface area contributed by atoms with E-state index in [9.17, 15) is 13.7 Å². The van der Waals surface area contributed by atoms with Crippen LogP contribution in [0.1, 0.15) is 25.0 Å². The zero-order valence-corrected chi connectivity index (χ0v) is 15.2. The summed E-state index contributed by atoms with van der Waals surface area (Å²) in [7, 11) is -3.82. The van der Waals surface area contributed by atoms with Crippen molar-refractivity contribution in [1.82, 2.24) is 0 Å². The Bertz CT molecular complexity index is 885. The lowest BCUT2D eigenvalue weighted by molar-refractivity contribution is 0.288. The maximum atomic E-state index is 12.6. The van der Waals surface area contributed by atoms with Gasteiger partial charge in [-0.15, -0.1) is 0 Å². The highest BCUT2D eigenvalue weighted by molar-refractivity contribution is 7.92. The largest absolute Gasteiger partial charge is 0.490 e. The molecule has 7 heteroatoms. The van der Waals surface area contributed by atoms with Crippen molar-refractivity contribution < 1.29 is 17.9 Å². The molecule has 1 N–H and O–H groups in total. The van der Waals surface area contributed by atoms with E-state index in [2.05, 4.69) is 4.72 Å². The predicted molar refractivity (Wildman–Crippen MR) is 95.5 cm³/mol. The molecule has 25 heavy (non-hydrogen) atoms. The van der Waals surface area contributed by atoms with Crippen LogP contribution >= 0.6 is 0 Å². The molecule has 0 spiro atoms. The number of rotatable bonds is 7. The van der Waals surface area contributed by atoms with Gasteiger partial charge in [-0.05, 0) is 32.9 Å². The summed E-state index contributed by atoms with van der Waals surface area (Å²) in [5.41, 5.74) is 1.26. The number of ether oxygens (including phenoxy) is 2. The van der Waals surface area contributed by atoms with Gasteiger partial charge in [0.1, 0.15) is 6.07 Å². The number of hydrogen-bond acceptors (Lipinski definition) is 5. The van der Waals surface area contributed by atoms with E-state index in [-0.39, 0.29) is 16.1 Å². The van der Waals surface area contributed by atoms with Gasteiger partial charge in [-0.2, -0.15) is 5.26 Å². The van der Waals surface area contributed by atoms with Gasteiger partial charge in [0.2, 0.25) is 0 Å². The van der Waals surface area contributed by atoms with E-state index in [1.54, 1.807) is 12.1 Å². The minimum Gasteiger partial charge on any atom is -0.490 e. The highest BCUT2D eigenvalue weighted by Gasteiger charge is 2.19. The number of hydrogen-bond donors (Lipinski definition) is 1. The van der Waals surface area contributed by atoms with Crippen molar-refractivity contribution in [3.8, 4) is 17.6 Å². The van der Waals surface area contributed by atoms with Crippen molar-refractivity contribution in [2.75, 3.05) is 17.9 Å². The standard InChI is InChI=1S/C18H20N2O4S/c1-4-23-17-10-14(12-19)16(11-18(17)24-5-2)20-25(21,22)15-8-6-13(3)7-9-15/h6-11,20H,4-5H2,1-3H3. The average Bonchev–Trinajstić information content (AvgIpc) is 2.57. The van der Waals surface area contributed by atoms with Crippen LogP contribution < -0.4 is 14.2 Å². The maximum absolute atomic E-state index is 12.6. The predicted octanol–water partition coefficient (Wildman–Crippen LogP) is 3.46. The first-order valence-electron chi connectivity index (χ1n) is 7.84. The summed E-state index contributed by atoms with van der Waals surface area (Å²) < 4.78 is 38.6. The number of nitrogens with one attached hydrogen (secondary N) is 1. The van der Waals surface area contributed by atoms with Crippen molar-refractivity contribution in [1.29, 1.82) is 5.26 Å². The van der Waals surface area contributed by atoms with Crippen LogP contribution in [0.3, 0.4) is 0 Å². The van der Waals surface area contributed by atoms with E-state index < -0.39 is 10.0 Å². The molecular formula is C18H20N2O4S. The third kappa shape index (κ3) is 4.43. The number of nitriles is 1. The number of benzene rings is 2. The van der Waals surface area contributed by atoms with Gasteiger partial charge in [0.15, 0.2) is 11.5 Å². The van der Waals surface area contributed by atoms with Gasteiger partial charge in [0.25, 0.3) is 10.0 Å². The Kier molecular flexibility index (Phi) is 5.88. The molecule has 2 aromatic rings. The Morgan fingerprint density at radius 2 is 1.60 bits per heavy atom. The number of anilines is 1. The summed E-state index contributed by atoms with van der Waals surface area (Å²) in [5, 5.41) is 9.35. The summed E-state index contributed by atoms with van der Waals surface area (Å²) in [6, 6.07) is 11.4. The number of nitrogens with zero attached hydrogens (tertiary/aromatic N) is 1. The van der Waals surface area contributed by atoms with E-state index in [1.807, 2.05) is 26.8 Å². The molecule has 0 radical (unpaired) electrons. The fraction of sp³-hybridized carbons (Fsp3) is 0.278. The molecule has 132 valence electrons. The van der Waals surface area contributed by atoms with Crippen molar-refractivity contribution in [3.05, 3.63) is 47.5 Å². The maximum Gasteiger partial charge on any atom is 0.261 e. The van der Waals surface area contributed by atoms with Crippen molar-refractivity contribution in [3.63, 3.8) is 0 Å². The molecule has 0 bridgehead atoms. The summed E-state index contributed by atoms with van der Waals surface area (Å²) >= 11 is 0. The topological polar surface area (TPSA) is 88.4 Å². The summed E-state index contributed by atoms with van der Waals surface area (Å²) in [5.74, 6) is 0.782. The van der Waals surface area contributed by atoms with Gasteiger partial charge in [-0.3, -0.25) is 4.72 Å². The molecule has 0 heterocycles. The van der Waals surface area contributed by atoms with Crippen LogP contribution in [-0.4, -0.2) is 21.6 Å². The first-order valence-corrected chi connectivity index (χ1v) is 9.32. The molecule has 2 aromatic carbocycles. The zero-order chi connectivity index (χ0) is 18.4. The molecule has 0 aromatic heterocycles. The molecule has 0 saturated heterocycles. The van der Waals surface area contributed by atoms with Crippen molar-refractivity contribution >= 4 is 15.7 Å². The molecule has 0 unspecified atom stereocenters. The summed E-state index contributed by atoms with van der Waals surface area (Å²) in [6.07, 6.45) is 0. The van der Waals surface area contributed by atoms with Crippen LogP contribution in [0.15, 0.2) is 41.3 Å². The first-order chi connectivity index (χ1) is 11.9.